The van der Waals surface area contributed by atoms with Crippen LogP contribution >= 0.6 is 0 Å². The summed E-state index contributed by atoms with van der Waals surface area (Å²) in [6, 6.07) is 0.0626. The van der Waals surface area contributed by atoms with Crippen LogP contribution in [-0.4, -0.2) is 18.1 Å². The molecule has 0 amide bonds. The summed E-state index contributed by atoms with van der Waals surface area (Å²) in [6.45, 7) is 1.43. The van der Waals surface area contributed by atoms with Crippen LogP contribution in [0.5, 0.6) is 0 Å². The molecule has 0 aliphatic heterocycles. The molecule has 1 aliphatic carbocycles. The summed E-state index contributed by atoms with van der Waals surface area (Å²) in [5, 5.41) is 0. The van der Waals surface area contributed by atoms with Gasteiger partial charge in [-0.15, -0.1) is 0 Å². The van der Waals surface area contributed by atoms with E-state index in [4.69, 9.17) is 10.5 Å². The zero-order valence-corrected chi connectivity index (χ0v) is 6.88. The van der Waals surface area contributed by atoms with Gasteiger partial charge in [0.05, 0.1) is 0 Å². The topological polar surface area (TPSA) is 52.3 Å². The molecule has 0 aromatic rings. The molecule has 0 spiro atoms. The van der Waals surface area contributed by atoms with Crippen LogP contribution in [0.15, 0.2) is 0 Å². The molecule has 1 rings (SSSR count). The summed E-state index contributed by atoms with van der Waals surface area (Å²) >= 11 is 0. The maximum absolute atomic E-state index is 10.6. The van der Waals surface area contributed by atoms with Crippen LogP contribution in [-0.2, 0) is 9.53 Å². The van der Waals surface area contributed by atoms with Crippen molar-refractivity contribution in [2.45, 2.75) is 44.8 Å². The van der Waals surface area contributed by atoms with Crippen LogP contribution in [0.2, 0.25) is 0 Å². The molecule has 0 radical (unpaired) electrons. The zero-order valence-electron chi connectivity index (χ0n) is 6.88. The van der Waals surface area contributed by atoms with Gasteiger partial charge < -0.3 is 10.5 Å². The average Bonchev–Trinajstić information content (AvgIpc) is 1.93. The average molecular weight is 157 g/mol. The first-order valence-electron chi connectivity index (χ1n) is 4.13. The summed E-state index contributed by atoms with van der Waals surface area (Å²) < 4.78 is 5.04. The predicted molar refractivity (Wildman–Crippen MR) is 42.0 cm³/mol. The normalized spacial score (nSPS) is 31.5. The Hall–Kier alpha value is -0.570. The highest BCUT2D eigenvalue weighted by Gasteiger charge is 2.23. The van der Waals surface area contributed by atoms with E-state index in [-0.39, 0.29) is 18.1 Å². The van der Waals surface area contributed by atoms with E-state index in [0.29, 0.717) is 0 Å². The van der Waals surface area contributed by atoms with E-state index < -0.39 is 0 Å². The van der Waals surface area contributed by atoms with Gasteiger partial charge in [0.1, 0.15) is 6.10 Å². The monoisotopic (exact) mass is 157 g/mol. The molecule has 3 nitrogen and oxygen atoms in total. The van der Waals surface area contributed by atoms with Crippen LogP contribution in [0.25, 0.3) is 0 Å². The lowest BCUT2D eigenvalue weighted by atomic mass is 9.93. The van der Waals surface area contributed by atoms with E-state index in [1.165, 1.54) is 13.3 Å². The molecule has 3 heteroatoms. The fraction of sp³-hybridized carbons (Fsp3) is 0.875. The highest BCUT2D eigenvalue weighted by atomic mass is 16.5. The Labute approximate surface area is 66.9 Å². The Kier molecular flexibility index (Phi) is 2.88. The number of esters is 1. The van der Waals surface area contributed by atoms with Gasteiger partial charge in [0.2, 0.25) is 0 Å². The first kappa shape index (κ1) is 8.53. The third-order valence-corrected chi connectivity index (χ3v) is 2.07. The van der Waals surface area contributed by atoms with Gasteiger partial charge in [-0.25, -0.2) is 0 Å². The smallest absolute Gasteiger partial charge is 0.302 e. The minimum Gasteiger partial charge on any atom is -0.461 e. The van der Waals surface area contributed by atoms with Crippen molar-refractivity contribution >= 4 is 5.97 Å². The molecule has 0 aromatic carbocycles. The highest BCUT2D eigenvalue weighted by Crippen LogP contribution is 2.19. The molecule has 1 aliphatic rings. The van der Waals surface area contributed by atoms with Crippen LogP contribution in [0.1, 0.15) is 32.6 Å². The molecule has 1 saturated carbocycles. The van der Waals surface area contributed by atoms with E-state index in [9.17, 15) is 4.79 Å². The van der Waals surface area contributed by atoms with Crippen LogP contribution in [0.4, 0.5) is 0 Å². The van der Waals surface area contributed by atoms with E-state index in [1.54, 1.807) is 0 Å². The minimum absolute atomic E-state index is 0.0266. The summed E-state index contributed by atoms with van der Waals surface area (Å²) in [7, 11) is 0. The molecule has 2 atom stereocenters. The van der Waals surface area contributed by atoms with E-state index in [0.717, 1.165) is 19.3 Å². The minimum atomic E-state index is -0.215. The molecule has 0 unspecified atom stereocenters. The number of nitrogens with two attached hydrogens (primary N) is 1. The highest BCUT2D eigenvalue weighted by molar-refractivity contribution is 5.66. The largest absolute Gasteiger partial charge is 0.461 e. The Morgan fingerprint density at radius 2 is 2.09 bits per heavy atom. The Morgan fingerprint density at radius 1 is 1.45 bits per heavy atom. The Morgan fingerprint density at radius 3 is 2.64 bits per heavy atom. The summed E-state index contributed by atoms with van der Waals surface area (Å²) in [5.74, 6) is -0.215. The zero-order chi connectivity index (χ0) is 8.27. The maximum atomic E-state index is 10.6. The van der Waals surface area contributed by atoms with E-state index >= 15 is 0 Å². The van der Waals surface area contributed by atoms with Gasteiger partial charge in [0.25, 0.3) is 0 Å². The van der Waals surface area contributed by atoms with Crippen molar-refractivity contribution in [3.05, 3.63) is 0 Å². The van der Waals surface area contributed by atoms with E-state index in [1.807, 2.05) is 0 Å². The van der Waals surface area contributed by atoms with Crippen LogP contribution < -0.4 is 5.73 Å². The van der Waals surface area contributed by atoms with Gasteiger partial charge >= 0.3 is 5.97 Å². The maximum Gasteiger partial charge on any atom is 0.302 e. The summed E-state index contributed by atoms with van der Waals surface area (Å²) in [6.07, 6.45) is 4.18. The first-order chi connectivity index (χ1) is 5.20. The van der Waals surface area contributed by atoms with Crippen molar-refractivity contribution < 1.29 is 9.53 Å². The molecule has 11 heavy (non-hydrogen) atoms. The molecule has 0 aromatic heterocycles. The quantitative estimate of drug-likeness (QED) is 0.573. The first-order valence-corrected chi connectivity index (χ1v) is 4.13. The second-order valence-corrected chi connectivity index (χ2v) is 3.10. The van der Waals surface area contributed by atoms with Crippen molar-refractivity contribution in [1.82, 2.24) is 0 Å². The number of carbonyl (C=O) groups excluding carboxylic acids is 1. The molecule has 1 fully saturated rings. The van der Waals surface area contributed by atoms with Crippen LogP contribution in [0, 0.1) is 0 Å². The lowest BCUT2D eigenvalue weighted by Gasteiger charge is -2.27. The SMILES string of the molecule is CC(=O)O[C@@H]1CCCC[C@H]1N. The summed E-state index contributed by atoms with van der Waals surface area (Å²) in [4.78, 5) is 10.6. The van der Waals surface area contributed by atoms with Crippen molar-refractivity contribution in [1.29, 1.82) is 0 Å². The van der Waals surface area contributed by atoms with Crippen molar-refractivity contribution in [3.63, 3.8) is 0 Å². The molecule has 64 valence electrons. The number of carbonyl (C=O) groups is 1. The Balaban J connectivity index is 2.35. The van der Waals surface area contributed by atoms with Gasteiger partial charge in [-0.3, -0.25) is 4.79 Å². The van der Waals surface area contributed by atoms with Gasteiger partial charge in [-0.2, -0.15) is 0 Å². The third kappa shape index (κ3) is 2.50. The van der Waals surface area contributed by atoms with Gasteiger partial charge in [0.15, 0.2) is 0 Å². The lowest BCUT2D eigenvalue weighted by Crippen LogP contribution is -2.40. The number of rotatable bonds is 1. The molecular formula is C8H15NO2. The predicted octanol–water partition coefficient (Wildman–Crippen LogP) is 0.819. The van der Waals surface area contributed by atoms with Gasteiger partial charge in [-0.05, 0) is 19.3 Å². The molecular weight excluding hydrogens is 142 g/mol. The molecule has 0 bridgehead atoms. The van der Waals surface area contributed by atoms with Crippen molar-refractivity contribution in [3.8, 4) is 0 Å². The Bertz CT molecular complexity index is 147. The molecule has 2 N–H and O–H groups in total. The fourth-order valence-electron chi connectivity index (χ4n) is 1.49. The van der Waals surface area contributed by atoms with Crippen molar-refractivity contribution in [2.24, 2.45) is 5.73 Å². The lowest BCUT2D eigenvalue weighted by molar-refractivity contribution is -0.148. The number of ether oxygens (including phenoxy) is 1. The number of hydrogen-bond donors (Lipinski definition) is 1. The molecule has 0 heterocycles. The second kappa shape index (κ2) is 3.72. The van der Waals surface area contributed by atoms with E-state index in [2.05, 4.69) is 0 Å². The fourth-order valence-corrected chi connectivity index (χ4v) is 1.49. The van der Waals surface area contributed by atoms with Gasteiger partial charge in [-0.1, -0.05) is 6.42 Å². The standard InChI is InChI=1S/C8H15NO2/c1-6(10)11-8-5-3-2-4-7(8)9/h7-8H,2-5,9H2,1H3/t7-,8-/m1/s1. The van der Waals surface area contributed by atoms with Crippen LogP contribution in [0.3, 0.4) is 0 Å². The second-order valence-electron chi connectivity index (χ2n) is 3.10. The molecule has 0 saturated heterocycles. The van der Waals surface area contributed by atoms with Crippen molar-refractivity contribution in [2.75, 3.05) is 0 Å². The number of hydrogen-bond acceptors (Lipinski definition) is 3. The van der Waals surface area contributed by atoms with Gasteiger partial charge in [0, 0.05) is 13.0 Å². The third-order valence-electron chi connectivity index (χ3n) is 2.07. The summed E-state index contributed by atoms with van der Waals surface area (Å²) in [5.41, 5.74) is 5.75.